The third-order valence-electron chi connectivity index (χ3n) is 7.26. The van der Waals surface area contributed by atoms with E-state index in [-0.39, 0.29) is 29.3 Å². The zero-order valence-electron chi connectivity index (χ0n) is 27.2. The number of nitrogens with one attached hydrogen (secondary N) is 3. The van der Waals surface area contributed by atoms with Crippen LogP contribution in [0.5, 0.6) is 0 Å². The molecule has 0 spiro atoms. The zero-order chi connectivity index (χ0) is 32.4. The lowest BCUT2D eigenvalue weighted by molar-refractivity contribution is 0.0481. The number of hydrogen-bond acceptors (Lipinski definition) is 8. The molecule has 0 aliphatic heterocycles. The number of pyridine rings is 2. The first-order chi connectivity index (χ1) is 20.5. The zero-order valence-corrected chi connectivity index (χ0v) is 27.2. The van der Waals surface area contributed by atoms with Gasteiger partial charge in [0.25, 0.3) is 5.91 Å². The van der Waals surface area contributed by atoms with Crippen LogP contribution in [0, 0.1) is 5.92 Å². The summed E-state index contributed by atoms with van der Waals surface area (Å²) in [5, 5.41) is 8.62. The molecule has 44 heavy (non-hydrogen) atoms. The minimum atomic E-state index is -0.753. The largest absolute Gasteiger partial charge is 0.444 e. The second-order valence-corrected chi connectivity index (χ2v) is 14.0. The second-order valence-electron chi connectivity index (χ2n) is 14.0. The van der Waals surface area contributed by atoms with Gasteiger partial charge in [-0.25, -0.2) is 9.59 Å². The van der Waals surface area contributed by atoms with Crippen LogP contribution in [0.2, 0.25) is 0 Å². The molecule has 0 saturated heterocycles. The Morgan fingerprint density at radius 1 is 0.955 bits per heavy atom. The summed E-state index contributed by atoms with van der Waals surface area (Å²) in [6.45, 7) is 17.0. The summed E-state index contributed by atoms with van der Waals surface area (Å²) in [5.41, 5.74) is 1.79. The highest BCUT2D eigenvalue weighted by molar-refractivity contribution is 6.16. The number of hydrogen-bond donors (Lipinski definition) is 3. The van der Waals surface area contributed by atoms with Gasteiger partial charge in [0.15, 0.2) is 5.58 Å². The lowest BCUT2D eigenvalue weighted by Gasteiger charge is -2.35. The van der Waals surface area contributed by atoms with Crippen LogP contribution in [-0.2, 0) is 9.47 Å². The van der Waals surface area contributed by atoms with Crippen LogP contribution in [0.1, 0.15) is 115 Å². The molecule has 11 nitrogen and oxygen atoms in total. The van der Waals surface area contributed by atoms with E-state index in [9.17, 15) is 14.4 Å². The van der Waals surface area contributed by atoms with E-state index in [4.69, 9.17) is 13.9 Å². The minimum Gasteiger partial charge on any atom is -0.444 e. The third-order valence-corrected chi connectivity index (χ3v) is 7.26. The average Bonchev–Trinajstić information content (AvgIpc) is 3.23. The number of rotatable bonds is 6. The van der Waals surface area contributed by atoms with Crippen LogP contribution in [-0.4, -0.2) is 45.3 Å². The van der Waals surface area contributed by atoms with Crippen molar-refractivity contribution in [2.45, 2.75) is 111 Å². The lowest BCUT2D eigenvalue weighted by Crippen LogP contribution is -2.42. The van der Waals surface area contributed by atoms with E-state index in [1.807, 2.05) is 46.8 Å². The van der Waals surface area contributed by atoms with Gasteiger partial charge in [-0.15, -0.1) is 0 Å². The van der Waals surface area contributed by atoms with Crippen molar-refractivity contribution < 1.29 is 28.3 Å². The van der Waals surface area contributed by atoms with E-state index >= 15 is 0 Å². The molecule has 1 fully saturated rings. The predicted octanol–water partition coefficient (Wildman–Crippen LogP) is 7.74. The highest BCUT2D eigenvalue weighted by atomic mass is 16.6. The van der Waals surface area contributed by atoms with Crippen molar-refractivity contribution in [1.82, 2.24) is 15.3 Å². The van der Waals surface area contributed by atoms with Crippen molar-refractivity contribution in [2.24, 2.45) is 5.92 Å². The van der Waals surface area contributed by atoms with E-state index < -0.39 is 29.3 Å². The maximum absolute atomic E-state index is 13.9. The predicted molar refractivity (Wildman–Crippen MR) is 169 cm³/mol. The number of alkyl carbamates (subject to hydrolysis) is 1. The molecule has 0 aromatic carbocycles. The lowest BCUT2D eigenvalue weighted by atomic mass is 9.76. The maximum atomic E-state index is 13.9. The monoisotopic (exact) mass is 607 g/mol. The molecule has 3 N–H and O–H groups in total. The van der Waals surface area contributed by atoms with Crippen LogP contribution >= 0.6 is 0 Å². The quantitative estimate of drug-likeness (QED) is 0.258. The van der Waals surface area contributed by atoms with Gasteiger partial charge in [-0.1, -0.05) is 20.8 Å². The first-order valence-corrected chi connectivity index (χ1v) is 15.2. The van der Waals surface area contributed by atoms with Gasteiger partial charge in [-0.2, -0.15) is 0 Å². The molecule has 238 valence electrons. The molecular weight excluding hydrogens is 562 g/mol. The molecule has 3 aromatic rings. The van der Waals surface area contributed by atoms with Gasteiger partial charge in [0, 0.05) is 18.4 Å². The van der Waals surface area contributed by atoms with Crippen molar-refractivity contribution in [2.75, 3.05) is 10.6 Å². The molecule has 0 bridgehead atoms. The molecule has 3 heterocycles. The standard InChI is InChI=1S/C33H45N5O6/c1-18(2)21-15-25-27(35-16-21)26(29(42-25)38-31(41)44-33(7,8)9)28(39)37-24-17-34-11-10-23(24)20-12-19(3)13-22(14-20)36-30(40)43-32(4,5)6/h10-11,15-20,22H,12-14H2,1-9H3,(H,36,40)(H,37,39)(H,38,41)/t19-,20+,22?/m0/s1. The first kappa shape index (κ1) is 32.8. The molecule has 1 saturated carbocycles. The summed E-state index contributed by atoms with van der Waals surface area (Å²) in [6.07, 6.45) is 6.18. The van der Waals surface area contributed by atoms with Crippen LogP contribution in [0.3, 0.4) is 0 Å². The molecule has 3 aromatic heterocycles. The van der Waals surface area contributed by atoms with Crippen LogP contribution < -0.4 is 16.0 Å². The van der Waals surface area contributed by atoms with Gasteiger partial charge in [-0.05, 0) is 102 Å². The van der Waals surface area contributed by atoms with E-state index in [1.165, 1.54) is 0 Å². The smallest absolute Gasteiger partial charge is 0.414 e. The summed E-state index contributed by atoms with van der Waals surface area (Å²) < 4.78 is 16.9. The fourth-order valence-corrected chi connectivity index (χ4v) is 5.50. The molecular formula is C33H45N5O6. The Kier molecular flexibility index (Phi) is 9.56. The molecule has 11 heteroatoms. The number of fused-ring (bicyclic) bond motifs is 1. The molecule has 1 aliphatic rings. The van der Waals surface area contributed by atoms with E-state index in [0.717, 1.165) is 24.0 Å². The normalized spacial score (nSPS) is 19.0. The molecule has 3 atom stereocenters. The summed E-state index contributed by atoms with van der Waals surface area (Å²) in [7, 11) is 0. The Morgan fingerprint density at radius 2 is 1.64 bits per heavy atom. The third kappa shape index (κ3) is 8.48. The number of nitrogens with zero attached hydrogens (tertiary/aromatic N) is 2. The fraction of sp³-hybridized carbons (Fsp3) is 0.545. The molecule has 3 amide bonds. The van der Waals surface area contributed by atoms with Crippen molar-refractivity contribution in [3.05, 3.63) is 47.4 Å². The van der Waals surface area contributed by atoms with Gasteiger partial charge in [-0.3, -0.25) is 20.1 Å². The van der Waals surface area contributed by atoms with E-state index in [0.29, 0.717) is 29.1 Å². The van der Waals surface area contributed by atoms with Crippen molar-refractivity contribution >= 4 is 40.8 Å². The van der Waals surface area contributed by atoms with Gasteiger partial charge in [0.1, 0.15) is 22.3 Å². The van der Waals surface area contributed by atoms with Gasteiger partial charge < -0.3 is 24.5 Å². The number of aromatic nitrogens is 2. The van der Waals surface area contributed by atoms with Gasteiger partial charge in [0.05, 0.1) is 11.9 Å². The summed E-state index contributed by atoms with van der Waals surface area (Å²) in [5.74, 6) is -0.0166. The summed E-state index contributed by atoms with van der Waals surface area (Å²) in [6, 6.07) is 3.63. The summed E-state index contributed by atoms with van der Waals surface area (Å²) >= 11 is 0. The van der Waals surface area contributed by atoms with Crippen molar-refractivity contribution in [3.8, 4) is 0 Å². The molecule has 1 aliphatic carbocycles. The van der Waals surface area contributed by atoms with Gasteiger partial charge >= 0.3 is 12.2 Å². The van der Waals surface area contributed by atoms with Crippen molar-refractivity contribution in [1.29, 1.82) is 0 Å². The minimum absolute atomic E-state index is 0.0455. The Bertz CT molecular complexity index is 1520. The molecule has 0 radical (unpaired) electrons. The van der Waals surface area contributed by atoms with Crippen LogP contribution in [0.4, 0.5) is 21.2 Å². The number of amides is 3. The average molecular weight is 608 g/mol. The topological polar surface area (TPSA) is 145 Å². The number of furan rings is 1. The van der Waals surface area contributed by atoms with Crippen molar-refractivity contribution in [3.63, 3.8) is 0 Å². The Hall–Kier alpha value is -4.15. The Balaban J connectivity index is 1.63. The first-order valence-electron chi connectivity index (χ1n) is 15.2. The number of anilines is 2. The second kappa shape index (κ2) is 12.8. The number of ether oxygens (including phenoxy) is 2. The Morgan fingerprint density at radius 3 is 2.30 bits per heavy atom. The molecule has 4 rings (SSSR count). The maximum Gasteiger partial charge on any atom is 0.414 e. The number of carbonyl (C=O) groups is 3. The fourth-order valence-electron chi connectivity index (χ4n) is 5.50. The van der Waals surface area contributed by atoms with E-state index in [2.05, 4.69) is 32.8 Å². The van der Waals surface area contributed by atoms with Crippen LogP contribution in [0.15, 0.2) is 35.1 Å². The SMILES string of the molecule is CC(C)c1cnc2c(C(=O)Nc3cnccc3[C@H]3CC(NC(=O)OC(C)(C)C)C[C@@H](C)C3)c(NC(=O)OC(C)(C)C)oc2c1. The highest BCUT2D eigenvalue weighted by Crippen LogP contribution is 2.40. The highest BCUT2D eigenvalue weighted by Gasteiger charge is 2.32. The number of carbonyl (C=O) groups excluding carboxylic acids is 3. The molecule has 1 unspecified atom stereocenters. The van der Waals surface area contributed by atoms with E-state index in [1.54, 1.807) is 39.4 Å². The Labute approximate surface area is 258 Å². The van der Waals surface area contributed by atoms with Crippen LogP contribution in [0.25, 0.3) is 11.1 Å². The van der Waals surface area contributed by atoms with Gasteiger partial charge in [0.2, 0.25) is 5.88 Å². The summed E-state index contributed by atoms with van der Waals surface area (Å²) in [4.78, 5) is 48.0.